The molecule has 187 valence electrons. The van der Waals surface area contributed by atoms with Gasteiger partial charge in [0.1, 0.15) is 6.10 Å². The number of hydrogen-bond acceptors (Lipinski definition) is 5. The highest BCUT2D eigenvalue weighted by Gasteiger charge is 2.53. The molecule has 1 aliphatic heterocycles. The Morgan fingerprint density at radius 1 is 1.12 bits per heavy atom. The summed E-state index contributed by atoms with van der Waals surface area (Å²) in [5, 5.41) is 11.8. The zero-order valence-electron chi connectivity index (χ0n) is 21.5. The Hall–Kier alpha value is -0.910. The fourth-order valence-corrected chi connectivity index (χ4v) is 7.19. The van der Waals surface area contributed by atoms with Crippen molar-refractivity contribution in [1.82, 2.24) is 9.80 Å². The van der Waals surface area contributed by atoms with Crippen LogP contribution in [0.2, 0.25) is 0 Å². The second-order valence-electron chi connectivity index (χ2n) is 11.7. The second-order valence-corrected chi connectivity index (χ2v) is 11.7. The average Bonchev–Trinajstić information content (AvgIpc) is 2.78. The van der Waals surface area contributed by atoms with E-state index in [9.17, 15) is 9.90 Å². The molecule has 0 aromatic heterocycles. The molecule has 1 saturated heterocycles. The lowest BCUT2D eigenvalue weighted by molar-refractivity contribution is -0.148. The van der Waals surface area contributed by atoms with Crippen LogP contribution < -0.4 is 0 Å². The molecule has 0 aromatic carbocycles. The minimum Gasteiger partial charge on any atom is -0.458 e. The van der Waals surface area contributed by atoms with Crippen LogP contribution in [0.3, 0.4) is 0 Å². The Morgan fingerprint density at radius 3 is 2.45 bits per heavy atom. The van der Waals surface area contributed by atoms with Gasteiger partial charge in [0.2, 0.25) is 0 Å². The van der Waals surface area contributed by atoms with E-state index in [4.69, 9.17) is 4.74 Å². The van der Waals surface area contributed by atoms with Crippen LogP contribution in [-0.4, -0.2) is 71.8 Å². The highest BCUT2D eigenvalue weighted by atomic mass is 16.5. The molecule has 1 radical (unpaired) electrons. The lowest BCUT2D eigenvalue weighted by Crippen LogP contribution is -2.57. The summed E-state index contributed by atoms with van der Waals surface area (Å²) in [7, 11) is 0. The van der Waals surface area contributed by atoms with Crippen LogP contribution >= 0.6 is 0 Å². The lowest BCUT2D eigenvalue weighted by Gasteiger charge is -2.53. The molecule has 5 heteroatoms. The molecule has 4 aliphatic rings. The fourth-order valence-electron chi connectivity index (χ4n) is 7.19. The van der Waals surface area contributed by atoms with Crippen molar-refractivity contribution in [3.8, 4) is 0 Å². The van der Waals surface area contributed by atoms with Crippen molar-refractivity contribution in [2.45, 2.75) is 84.3 Å². The van der Waals surface area contributed by atoms with E-state index in [0.717, 1.165) is 30.9 Å². The lowest BCUT2D eigenvalue weighted by atomic mass is 9.57. The zero-order valence-corrected chi connectivity index (χ0v) is 21.5. The van der Waals surface area contributed by atoms with Crippen LogP contribution in [0.4, 0.5) is 0 Å². The predicted molar refractivity (Wildman–Crippen MR) is 133 cm³/mol. The van der Waals surface area contributed by atoms with E-state index in [1.54, 1.807) is 0 Å². The Labute approximate surface area is 201 Å². The molecule has 1 N–H and O–H groups in total. The molecule has 33 heavy (non-hydrogen) atoms. The summed E-state index contributed by atoms with van der Waals surface area (Å²) in [5.41, 5.74) is 0.165. The number of ether oxygens (including phenoxy) is 1. The molecule has 0 bridgehead atoms. The molecule has 1 unspecified atom stereocenters. The van der Waals surface area contributed by atoms with Gasteiger partial charge in [-0.1, -0.05) is 39.2 Å². The summed E-state index contributed by atoms with van der Waals surface area (Å²) in [6.45, 7) is 15.2. The van der Waals surface area contributed by atoms with Crippen molar-refractivity contribution in [3.63, 3.8) is 0 Å². The topological polar surface area (TPSA) is 53.0 Å². The Morgan fingerprint density at radius 2 is 1.79 bits per heavy atom. The summed E-state index contributed by atoms with van der Waals surface area (Å²) < 4.78 is 5.51. The number of fused-ring (bicyclic) bond motifs is 1. The van der Waals surface area contributed by atoms with E-state index >= 15 is 0 Å². The Bertz CT molecular complexity index is 695. The smallest absolute Gasteiger partial charge is 0.303 e. The van der Waals surface area contributed by atoms with Gasteiger partial charge in [-0.05, 0) is 61.9 Å². The zero-order chi connectivity index (χ0) is 23.6. The quantitative estimate of drug-likeness (QED) is 0.474. The van der Waals surface area contributed by atoms with Crippen LogP contribution in [0.15, 0.2) is 11.6 Å². The van der Waals surface area contributed by atoms with E-state index in [1.165, 1.54) is 71.8 Å². The van der Waals surface area contributed by atoms with Gasteiger partial charge in [-0.15, -0.1) is 0 Å². The Balaban J connectivity index is 1.34. The van der Waals surface area contributed by atoms with E-state index in [-0.39, 0.29) is 17.8 Å². The summed E-state index contributed by atoms with van der Waals surface area (Å²) in [6, 6.07) is 0. The van der Waals surface area contributed by atoms with Crippen molar-refractivity contribution in [1.29, 1.82) is 0 Å². The summed E-state index contributed by atoms with van der Waals surface area (Å²) in [6.07, 6.45) is 13.1. The van der Waals surface area contributed by atoms with Gasteiger partial charge in [-0.2, -0.15) is 0 Å². The maximum Gasteiger partial charge on any atom is 0.303 e. The first-order chi connectivity index (χ1) is 15.8. The number of esters is 1. The largest absolute Gasteiger partial charge is 0.458 e. The molecule has 3 fully saturated rings. The van der Waals surface area contributed by atoms with Crippen molar-refractivity contribution in [3.05, 3.63) is 18.1 Å². The van der Waals surface area contributed by atoms with Crippen molar-refractivity contribution < 1.29 is 14.6 Å². The van der Waals surface area contributed by atoms with E-state index < -0.39 is 11.7 Å². The molecule has 1 heterocycles. The van der Waals surface area contributed by atoms with Gasteiger partial charge in [-0.3, -0.25) is 4.79 Å². The van der Waals surface area contributed by atoms with Crippen LogP contribution in [-0.2, 0) is 9.53 Å². The monoisotopic (exact) mass is 459 g/mol. The van der Waals surface area contributed by atoms with E-state index in [0.29, 0.717) is 11.8 Å². The maximum absolute atomic E-state index is 11.8. The molecule has 0 spiro atoms. The molecular weight excluding hydrogens is 412 g/mol. The van der Waals surface area contributed by atoms with Crippen molar-refractivity contribution in [2.75, 3.05) is 39.3 Å². The SMILES string of the molecule is CC(=O)O[C@@H]1[CH][C@@]2(O)[C@H](C)CC[C@@H](C(C)CN3CCN(CC4CCCCC4)CC3)[C@H]2C=C1C. The van der Waals surface area contributed by atoms with Crippen LogP contribution in [0, 0.1) is 36.0 Å². The van der Waals surface area contributed by atoms with Gasteiger partial charge in [-0.25, -0.2) is 0 Å². The third-order valence-electron chi connectivity index (χ3n) is 9.30. The second kappa shape index (κ2) is 10.8. The van der Waals surface area contributed by atoms with Gasteiger partial charge in [0.05, 0.1) is 5.60 Å². The van der Waals surface area contributed by atoms with E-state index in [1.807, 2.05) is 13.3 Å². The van der Waals surface area contributed by atoms with Gasteiger partial charge < -0.3 is 19.6 Å². The standard InChI is InChI=1S/C28H47N2O3/c1-20-16-26-25(11-10-22(3)28(26,32)17-27(20)33-23(4)31)21(2)18-29-12-14-30(15-13-29)19-24-8-6-5-7-9-24/h16-17,21-22,24-27,32H,5-15,18-19H2,1-4H3/t21?,22-,25+,26-,27-,28-/m1/s1. The van der Waals surface area contributed by atoms with E-state index in [2.05, 4.69) is 29.7 Å². The van der Waals surface area contributed by atoms with Crippen LogP contribution in [0.25, 0.3) is 0 Å². The summed E-state index contributed by atoms with van der Waals surface area (Å²) in [4.78, 5) is 16.9. The number of hydrogen-bond donors (Lipinski definition) is 1. The predicted octanol–water partition coefficient (Wildman–Crippen LogP) is 4.31. The number of rotatable bonds is 6. The van der Waals surface area contributed by atoms with Gasteiger partial charge >= 0.3 is 5.97 Å². The molecule has 3 aliphatic carbocycles. The average molecular weight is 460 g/mol. The number of nitrogens with zero attached hydrogens (tertiary/aromatic N) is 2. The number of carbonyl (C=O) groups is 1. The summed E-state index contributed by atoms with van der Waals surface area (Å²) in [5.74, 6) is 1.91. The normalized spacial score (nSPS) is 37.8. The molecule has 0 amide bonds. The number of carbonyl (C=O) groups excluding carboxylic acids is 1. The van der Waals surface area contributed by atoms with Crippen LogP contribution in [0.1, 0.15) is 72.6 Å². The number of piperazine rings is 1. The van der Waals surface area contributed by atoms with Gasteiger partial charge in [0.15, 0.2) is 0 Å². The molecule has 0 aromatic rings. The minimum atomic E-state index is -0.893. The first-order valence-electron chi connectivity index (χ1n) is 13.6. The fraction of sp³-hybridized carbons (Fsp3) is 0.857. The van der Waals surface area contributed by atoms with Gasteiger partial charge in [0, 0.05) is 58.5 Å². The maximum atomic E-state index is 11.8. The minimum absolute atomic E-state index is 0.107. The molecule has 2 saturated carbocycles. The van der Waals surface area contributed by atoms with Gasteiger partial charge in [0.25, 0.3) is 0 Å². The third kappa shape index (κ3) is 5.85. The van der Waals surface area contributed by atoms with Crippen LogP contribution in [0.5, 0.6) is 0 Å². The molecule has 6 atom stereocenters. The highest BCUT2D eigenvalue weighted by molar-refractivity contribution is 5.66. The van der Waals surface area contributed by atoms with Crippen molar-refractivity contribution >= 4 is 5.97 Å². The molecule has 5 nitrogen and oxygen atoms in total. The molecular formula is C28H47N2O3. The highest BCUT2D eigenvalue weighted by Crippen LogP contribution is 2.50. The summed E-state index contributed by atoms with van der Waals surface area (Å²) >= 11 is 0. The third-order valence-corrected chi connectivity index (χ3v) is 9.30. The number of aliphatic hydroxyl groups is 1. The molecule has 4 rings (SSSR count). The first-order valence-corrected chi connectivity index (χ1v) is 13.6. The first kappa shape index (κ1) is 25.2. The Kier molecular flexibility index (Phi) is 8.23. The van der Waals surface area contributed by atoms with Crippen molar-refractivity contribution in [2.24, 2.45) is 29.6 Å².